The zero-order valence-electron chi connectivity index (χ0n) is 10.9. The van der Waals surface area contributed by atoms with Crippen LogP contribution in [-0.4, -0.2) is 50.3 Å². The van der Waals surface area contributed by atoms with E-state index in [0.29, 0.717) is 12.1 Å². The topological polar surface area (TPSA) is 24.5 Å². The third-order valence-corrected chi connectivity index (χ3v) is 4.53. The van der Waals surface area contributed by atoms with E-state index in [9.17, 15) is 0 Å². The Kier molecular flexibility index (Phi) is 4.22. The summed E-state index contributed by atoms with van der Waals surface area (Å²) in [4.78, 5) is 2.64. The van der Waals surface area contributed by atoms with Crippen molar-refractivity contribution in [2.45, 2.75) is 38.8 Å². The van der Waals surface area contributed by atoms with Gasteiger partial charge in [0.25, 0.3) is 0 Å². The molecule has 0 radical (unpaired) electrons. The van der Waals surface area contributed by atoms with E-state index in [1.54, 1.807) is 0 Å². The van der Waals surface area contributed by atoms with Gasteiger partial charge in [-0.2, -0.15) is 0 Å². The summed E-state index contributed by atoms with van der Waals surface area (Å²) in [6.07, 6.45) is 2.50. The number of hydrogen-bond donors (Lipinski definition) is 1. The van der Waals surface area contributed by atoms with Crippen LogP contribution in [0.15, 0.2) is 0 Å². The standard InChI is InChI=1S/C13H26N2O/c1-10-4-6-15(8-11(10)2)13-9-16-7-5-12(13)14-3/h10-14H,4-9H2,1-3H3. The molecule has 4 atom stereocenters. The third kappa shape index (κ3) is 2.58. The maximum absolute atomic E-state index is 5.65. The van der Waals surface area contributed by atoms with Gasteiger partial charge in [-0.3, -0.25) is 4.90 Å². The average Bonchev–Trinajstić information content (AvgIpc) is 2.32. The fraction of sp³-hybridized carbons (Fsp3) is 1.00. The van der Waals surface area contributed by atoms with E-state index in [1.807, 2.05) is 0 Å². The van der Waals surface area contributed by atoms with Crippen LogP contribution in [0.2, 0.25) is 0 Å². The molecule has 0 aromatic rings. The zero-order chi connectivity index (χ0) is 11.5. The highest BCUT2D eigenvalue weighted by atomic mass is 16.5. The molecule has 2 fully saturated rings. The molecule has 0 saturated carbocycles. The van der Waals surface area contributed by atoms with Gasteiger partial charge in [0.1, 0.15) is 0 Å². The summed E-state index contributed by atoms with van der Waals surface area (Å²) < 4.78 is 5.65. The van der Waals surface area contributed by atoms with Crippen LogP contribution in [0.25, 0.3) is 0 Å². The van der Waals surface area contributed by atoms with Gasteiger partial charge in [-0.15, -0.1) is 0 Å². The number of likely N-dealkylation sites (tertiary alicyclic amines) is 1. The predicted molar refractivity (Wildman–Crippen MR) is 66.6 cm³/mol. The van der Waals surface area contributed by atoms with Crippen LogP contribution in [0, 0.1) is 11.8 Å². The van der Waals surface area contributed by atoms with Crippen molar-refractivity contribution in [3.05, 3.63) is 0 Å². The molecule has 4 unspecified atom stereocenters. The van der Waals surface area contributed by atoms with E-state index in [-0.39, 0.29) is 0 Å². The molecule has 0 aromatic carbocycles. The molecule has 0 spiro atoms. The van der Waals surface area contributed by atoms with Crippen molar-refractivity contribution in [3.63, 3.8) is 0 Å². The molecule has 2 aliphatic heterocycles. The van der Waals surface area contributed by atoms with Gasteiger partial charge in [0.2, 0.25) is 0 Å². The molecule has 0 amide bonds. The van der Waals surface area contributed by atoms with Crippen LogP contribution in [0.4, 0.5) is 0 Å². The monoisotopic (exact) mass is 226 g/mol. The highest BCUT2D eigenvalue weighted by Crippen LogP contribution is 2.26. The Hall–Kier alpha value is -0.120. The van der Waals surface area contributed by atoms with Crippen molar-refractivity contribution < 1.29 is 4.74 Å². The van der Waals surface area contributed by atoms with Gasteiger partial charge < -0.3 is 10.1 Å². The van der Waals surface area contributed by atoms with Crippen LogP contribution >= 0.6 is 0 Å². The Balaban J connectivity index is 1.95. The minimum Gasteiger partial charge on any atom is -0.380 e. The first kappa shape index (κ1) is 12.3. The number of hydrogen-bond acceptors (Lipinski definition) is 3. The fourth-order valence-electron chi connectivity index (χ4n) is 3.02. The molecule has 3 nitrogen and oxygen atoms in total. The summed E-state index contributed by atoms with van der Waals surface area (Å²) in [5, 5.41) is 3.46. The normalized spacial score (nSPS) is 42.2. The average molecular weight is 226 g/mol. The first-order chi connectivity index (χ1) is 7.72. The summed E-state index contributed by atoms with van der Waals surface area (Å²) in [5.74, 6) is 1.71. The molecular formula is C13H26N2O. The van der Waals surface area contributed by atoms with Crippen LogP contribution in [-0.2, 0) is 4.74 Å². The van der Waals surface area contributed by atoms with E-state index in [1.165, 1.54) is 19.5 Å². The lowest BCUT2D eigenvalue weighted by atomic mass is 9.87. The Bertz CT molecular complexity index is 222. The highest BCUT2D eigenvalue weighted by molar-refractivity contribution is 4.89. The van der Waals surface area contributed by atoms with Crippen LogP contribution < -0.4 is 5.32 Å². The molecule has 0 bridgehead atoms. The first-order valence-corrected chi connectivity index (χ1v) is 6.71. The highest BCUT2D eigenvalue weighted by Gasteiger charge is 2.33. The number of ether oxygens (including phenoxy) is 1. The summed E-state index contributed by atoms with van der Waals surface area (Å²) in [6, 6.07) is 1.21. The summed E-state index contributed by atoms with van der Waals surface area (Å²) in [7, 11) is 2.08. The lowest BCUT2D eigenvalue weighted by Gasteiger charge is -2.44. The van der Waals surface area contributed by atoms with E-state index in [2.05, 4.69) is 31.1 Å². The van der Waals surface area contributed by atoms with Gasteiger partial charge in [0.05, 0.1) is 6.61 Å². The van der Waals surface area contributed by atoms with Crippen molar-refractivity contribution in [2.75, 3.05) is 33.4 Å². The molecule has 2 heterocycles. The molecule has 94 valence electrons. The van der Waals surface area contributed by atoms with Crippen molar-refractivity contribution in [2.24, 2.45) is 11.8 Å². The largest absolute Gasteiger partial charge is 0.380 e. The van der Waals surface area contributed by atoms with Crippen molar-refractivity contribution in [1.29, 1.82) is 0 Å². The van der Waals surface area contributed by atoms with E-state index in [0.717, 1.165) is 31.5 Å². The lowest BCUT2D eigenvalue weighted by molar-refractivity contribution is -0.0220. The molecule has 16 heavy (non-hydrogen) atoms. The minimum absolute atomic E-state index is 0.591. The van der Waals surface area contributed by atoms with Crippen molar-refractivity contribution in [3.8, 4) is 0 Å². The summed E-state index contributed by atoms with van der Waals surface area (Å²) in [6.45, 7) is 9.09. The predicted octanol–water partition coefficient (Wildman–Crippen LogP) is 1.34. The number of nitrogens with zero attached hydrogens (tertiary/aromatic N) is 1. The number of rotatable bonds is 2. The smallest absolute Gasteiger partial charge is 0.0637 e. The summed E-state index contributed by atoms with van der Waals surface area (Å²) in [5.41, 5.74) is 0. The Morgan fingerprint density at radius 2 is 2.00 bits per heavy atom. The second-order valence-electron chi connectivity index (χ2n) is 5.56. The van der Waals surface area contributed by atoms with Gasteiger partial charge in [-0.05, 0) is 38.3 Å². The molecule has 0 aliphatic carbocycles. The van der Waals surface area contributed by atoms with Crippen LogP contribution in [0.1, 0.15) is 26.7 Å². The maximum atomic E-state index is 5.65. The number of likely N-dealkylation sites (N-methyl/N-ethyl adjacent to an activating group) is 1. The van der Waals surface area contributed by atoms with Gasteiger partial charge >= 0.3 is 0 Å². The SMILES string of the molecule is CNC1CCOCC1N1CCC(C)C(C)C1. The Morgan fingerprint density at radius 3 is 2.69 bits per heavy atom. The molecule has 2 rings (SSSR count). The molecule has 2 saturated heterocycles. The second kappa shape index (κ2) is 5.48. The van der Waals surface area contributed by atoms with Gasteiger partial charge in [-0.1, -0.05) is 13.8 Å². The van der Waals surface area contributed by atoms with E-state index in [4.69, 9.17) is 4.74 Å². The molecular weight excluding hydrogens is 200 g/mol. The molecule has 3 heteroatoms. The van der Waals surface area contributed by atoms with E-state index >= 15 is 0 Å². The molecule has 1 N–H and O–H groups in total. The first-order valence-electron chi connectivity index (χ1n) is 6.71. The molecule has 2 aliphatic rings. The minimum atomic E-state index is 0.591. The molecule has 0 aromatic heterocycles. The van der Waals surface area contributed by atoms with Gasteiger partial charge in [0.15, 0.2) is 0 Å². The maximum Gasteiger partial charge on any atom is 0.0637 e. The lowest BCUT2D eigenvalue weighted by Crippen LogP contribution is -2.57. The fourth-order valence-corrected chi connectivity index (χ4v) is 3.02. The number of piperidine rings is 1. The quantitative estimate of drug-likeness (QED) is 0.769. The van der Waals surface area contributed by atoms with Gasteiger partial charge in [-0.25, -0.2) is 0 Å². The Labute approximate surface area is 99.5 Å². The zero-order valence-corrected chi connectivity index (χ0v) is 10.9. The van der Waals surface area contributed by atoms with E-state index < -0.39 is 0 Å². The van der Waals surface area contributed by atoms with Crippen LogP contribution in [0.5, 0.6) is 0 Å². The Morgan fingerprint density at radius 1 is 1.19 bits per heavy atom. The van der Waals surface area contributed by atoms with Crippen molar-refractivity contribution >= 4 is 0 Å². The van der Waals surface area contributed by atoms with Gasteiger partial charge in [0, 0.05) is 25.2 Å². The number of nitrogens with one attached hydrogen (secondary N) is 1. The summed E-state index contributed by atoms with van der Waals surface area (Å²) >= 11 is 0. The third-order valence-electron chi connectivity index (χ3n) is 4.53. The van der Waals surface area contributed by atoms with Crippen LogP contribution in [0.3, 0.4) is 0 Å². The second-order valence-corrected chi connectivity index (χ2v) is 5.56. The van der Waals surface area contributed by atoms with Crippen molar-refractivity contribution in [1.82, 2.24) is 10.2 Å².